The van der Waals surface area contributed by atoms with E-state index in [1.54, 1.807) is 12.3 Å². The van der Waals surface area contributed by atoms with Crippen LogP contribution in [-0.2, 0) is 4.79 Å². The van der Waals surface area contributed by atoms with E-state index in [0.717, 1.165) is 23.2 Å². The van der Waals surface area contributed by atoms with E-state index in [4.69, 9.17) is 0 Å². The topological polar surface area (TPSA) is 62.2 Å². The average molecular weight is 421 g/mol. The molecule has 2 N–H and O–H groups in total. The van der Waals surface area contributed by atoms with E-state index in [0.29, 0.717) is 11.8 Å². The second kappa shape index (κ2) is 8.54. The molecule has 0 radical (unpaired) electrons. The second-order valence-corrected chi connectivity index (χ2v) is 9.34. The Balaban J connectivity index is 1.40. The minimum absolute atomic E-state index is 0.00659. The third kappa shape index (κ3) is 3.91. The number of nitrogens with one attached hydrogen (secondary N) is 1. The van der Waals surface area contributed by atoms with E-state index in [9.17, 15) is 14.3 Å². The molecular formula is C26H29FN2O2. The number of aromatic nitrogens is 1. The van der Waals surface area contributed by atoms with Crippen LogP contribution in [0.3, 0.4) is 0 Å². The van der Waals surface area contributed by atoms with Gasteiger partial charge >= 0.3 is 0 Å². The van der Waals surface area contributed by atoms with Crippen molar-refractivity contribution in [2.75, 3.05) is 6.61 Å². The van der Waals surface area contributed by atoms with Gasteiger partial charge in [-0.1, -0.05) is 43.5 Å². The van der Waals surface area contributed by atoms with Crippen molar-refractivity contribution < 1.29 is 14.3 Å². The summed E-state index contributed by atoms with van der Waals surface area (Å²) in [6, 6.07) is 10.6. The number of hydrogen-bond donors (Lipinski definition) is 2. The maximum Gasteiger partial charge on any atom is 0.226 e. The lowest BCUT2D eigenvalue weighted by Gasteiger charge is -2.47. The van der Waals surface area contributed by atoms with Crippen LogP contribution < -0.4 is 5.32 Å². The number of carbonyl (C=O) groups excluding carboxylic acids is 1. The van der Waals surface area contributed by atoms with Crippen molar-refractivity contribution >= 4 is 12.0 Å². The summed E-state index contributed by atoms with van der Waals surface area (Å²) in [5, 5.41) is 13.1. The van der Waals surface area contributed by atoms with Crippen molar-refractivity contribution in [3.05, 3.63) is 60.2 Å². The molecule has 3 fully saturated rings. The predicted octanol–water partition coefficient (Wildman–Crippen LogP) is 4.45. The molecule has 0 spiro atoms. The highest BCUT2D eigenvalue weighted by Crippen LogP contribution is 2.51. The fraction of sp³-hybridized carbons (Fsp3) is 0.462. The lowest BCUT2D eigenvalue weighted by molar-refractivity contribution is -0.124. The van der Waals surface area contributed by atoms with E-state index in [2.05, 4.69) is 22.5 Å². The van der Waals surface area contributed by atoms with E-state index >= 15 is 0 Å². The second-order valence-electron chi connectivity index (χ2n) is 9.34. The first kappa shape index (κ1) is 20.4. The molecule has 2 aliphatic carbocycles. The SMILES string of the molecule is O=C1NC2CC3CCCCC3C(/C=C/c3ccc(-c4cccc(F)c4)cn3)C2C1CO. The number of carbonyl (C=O) groups is 1. The zero-order chi connectivity index (χ0) is 21.4. The third-order valence-electron chi connectivity index (χ3n) is 7.69. The minimum Gasteiger partial charge on any atom is -0.396 e. The number of nitrogens with zero attached hydrogens (tertiary/aromatic N) is 1. The summed E-state index contributed by atoms with van der Waals surface area (Å²) in [4.78, 5) is 17.0. The van der Waals surface area contributed by atoms with Gasteiger partial charge in [0.05, 0.1) is 18.2 Å². The largest absolute Gasteiger partial charge is 0.396 e. The molecule has 5 rings (SSSR count). The zero-order valence-electron chi connectivity index (χ0n) is 17.6. The molecule has 1 aromatic heterocycles. The van der Waals surface area contributed by atoms with Crippen LogP contribution >= 0.6 is 0 Å². The number of amides is 1. The van der Waals surface area contributed by atoms with Crippen LogP contribution in [0.1, 0.15) is 37.8 Å². The van der Waals surface area contributed by atoms with Gasteiger partial charge in [0.2, 0.25) is 5.91 Å². The minimum atomic E-state index is -0.314. The van der Waals surface area contributed by atoms with Crippen molar-refractivity contribution in [1.29, 1.82) is 0 Å². The van der Waals surface area contributed by atoms with Gasteiger partial charge in [0, 0.05) is 17.8 Å². The van der Waals surface area contributed by atoms with Crippen LogP contribution in [0.15, 0.2) is 48.7 Å². The molecule has 0 bridgehead atoms. The molecule has 1 amide bonds. The van der Waals surface area contributed by atoms with Crippen molar-refractivity contribution in [1.82, 2.24) is 10.3 Å². The van der Waals surface area contributed by atoms with E-state index in [1.165, 1.54) is 37.8 Å². The Morgan fingerprint density at radius 3 is 2.81 bits per heavy atom. The van der Waals surface area contributed by atoms with Gasteiger partial charge in [0.25, 0.3) is 0 Å². The van der Waals surface area contributed by atoms with Gasteiger partial charge in [0.15, 0.2) is 0 Å². The number of benzene rings is 1. The number of rotatable bonds is 4. The summed E-state index contributed by atoms with van der Waals surface area (Å²) in [6.45, 7) is -0.0880. The number of halogens is 1. The van der Waals surface area contributed by atoms with Crippen LogP contribution in [0, 0.1) is 35.4 Å². The fourth-order valence-corrected chi connectivity index (χ4v) is 6.27. The number of allylic oxidation sites excluding steroid dienone is 1. The number of aliphatic hydroxyl groups is 1. The summed E-state index contributed by atoms with van der Waals surface area (Å²) >= 11 is 0. The van der Waals surface area contributed by atoms with Gasteiger partial charge in [0.1, 0.15) is 5.82 Å². The van der Waals surface area contributed by atoms with E-state index in [-0.39, 0.29) is 42.1 Å². The van der Waals surface area contributed by atoms with Crippen molar-refractivity contribution in [2.45, 2.75) is 38.1 Å². The molecule has 31 heavy (non-hydrogen) atoms. The Labute approximate surface area is 182 Å². The Bertz CT molecular complexity index is 974. The van der Waals surface area contributed by atoms with Gasteiger partial charge < -0.3 is 10.4 Å². The highest BCUT2D eigenvalue weighted by atomic mass is 19.1. The van der Waals surface area contributed by atoms with Gasteiger partial charge in [-0.15, -0.1) is 0 Å². The van der Waals surface area contributed by atoms with Gasteiger partial charge in [-0.3, -0.25) is 9.78 Å². The molecule has 2 heterocycles. The first-order valence-electron chi connectivity index (χ1n) is 11.5. The number of fused-ring (bicyclic) bond motifs is 2. The fourth-order valence-electron chi connectivity index (χ4n) is 6.27. The van der Waals surface area contributed by atoms with Crippen molar-refractivity contribution in [3.63, 3.8) is 0 Å². The van der Waals surface area contributed by atoms with Crippen LogP contribution in [0.25, 0.3) is 17.2 Å². The Kier molecular flexibility index (Phi) is 5.61. The molecule has 3 aliphatic rings. The normalized spacial score (nSPS) is 32.5. The quantitative estimate of drug-likeness (QED) is 0.768. The first-order valence-corrected chi connectivity index (χ1v) is 11.5. The van der Waals surface area contributed by atoms with Crippen molar-refractivity contribution in [3.8, 4) is 11.1 Å². The molecule has 1 aromatic carbocycles. The summed E-state index contributed by atoms with van der Waals surface area (Å²) in [5.41, 5.74) is 2.55. The molecular weight excluding hydrogens is 391 g/mol. The van der Waals surface area contributed by atoms with E-state index < -0.39 is 0 Å². The number of aliphatic hydroxyl groups excluding tert-OH is 1. The summed E-state index contributed by atoms with van der Waals surface area (Å²) < 4.78 is 13.5. The molecule has 2 aromatic rings. The number of hydrogen-bond acceptors (Lipinski definition) is 3. The molecule has 4 nitrogen and oxygen atoms in total. The highest BCUT2D eigenvalue weighted by Gasteiger charge is 2.52. The monoisotopic (exact) mass is 420 g/mol. The summed E-state index contributed by atoms with van der Waals surface area (Å²) in [5.74, 6) is 1.07. The van der Waals surface area contributed by atoms with E-state index in [1.807, 2.05) is 18.2 Å². The first-order chi connectivity index (χ1) is 15.1. The molecule has 1 aliphatic heterocycles. The molecule has 6 atom stereocenters. The highest BCUT2D eigenvalue weighted by molar-refractivity contribution is 5.82. The Morgan fingerprint density at radius 2 is 2.03 bits per heavy atom. The Hall–Kier alpha value is -2.53. The summed E-state index contributed by atoms with van der Waals surface area (Å²) in [6.07, 6.45) is 12.1. The molecule has 1 saturated heterocycles. The van der Waals surface area contributed by atoms with Crippen LogP contribution in [0.2, 0.25) is 0 Å². The van der Waals surface area contributed by atoms with Gasteiger partial charge in [-0.25, -0.2) is 4.39 Å². The lowest BCUT2D eigenvalue weighted by atomic mass is 9.58. The molecule has 5 heteroatoms. The predicted molar refractivity (Wildman–Crippen MR) is 118 cm³/mol. The molecule has 162 valence electrons. The van der Waals surface area contributed by atoms with Crippen LogP contribution in [-0.4, -0.2) is 28.6 Å². The number of pyridine rings is 1. The lowest BCUT2D eigenvalue weighted by Crippen LogP contribution is -2.46. The maximum absolute atomic E-state index is 13.5. The zero-order valence-corrected chi connectivity index (χ0v) is 17.6. The van der Waals surface area contributed by atoms with Crippen LogP contribution in [0.4, 0.5) is 4.39 Å². The molecule has 6 unspecified atom stereocenters. The van der Waals surface area contributed by atoms with Crippen molar-refractivity contribution in [2.24, 2.45) is 29.6 Å². The van der Waals surface area contributed by atoms with Gasteiger partial charge in [-0.05, 0) is 66.4 Å². The molecule has 2 saturated carbocycles. The standard InChI is InChI=1S/C26H29FN2O2/c27-19-6-3-5-16(12-19)18-8-9-20(28-14-18)10-11-22-21-7-2-1-4-17(21)13-24-25(22)23(15-30)26(31)29-24/h3,5-6,8-12,14,17,21-25,30H,1-2,4,7,13,15H2,(H,29,31)/b11-10+. The third-order valence-corrected chi connectivity index (χ3v) is 7.69. The Morgan fingerprint density at radius 1 is 1.16 bits per heavy atom. The van der Waals surface area contributed by atoms with Crippen LogP contribution in [0.5, 0.6) is 0 Å². The average Bonchev–Trinajstić information content (AvgIpc) is 3.11. The smallest absolute Gasteiger partial charge is 0.226 e. The van der Waals surface area contributed by atoms with Gasteiger partial charge in [-0.2, -0.15) is 0 Å². The summed E-state index contributed by atoms with van der Waals surface area (Å²) in [7, 11) is 0. The maximum atomic E-state index is 13.5.